The first-order valence-electron chi connectivity index (χ1n) is 21.2. The largest absolute Gasteiger partial charge is 0.251 e. The number of rotatable bonds is 29. The fourth-order valence-electron chi connectivity index (χ4n) is 6.65. The van der Waals surface area contributed by atoms with Crippen LogP contribution < -0.4 is 0 Å². The normalized spacial score (nSPS) is 12.2. The average Bonchev–Trinajstić information content (AvgIpc) is 3.12. The Kier molecular flexibility index (Phi) is 28.2. The number of benzene rings is 2. The molecular weight excluding hydrogens is 651 g/mol. The van der Waals surface area contributed by atoms with E-state index in [1.54, 1.807) is 0 Å². The van der Waals surface area contributed by atoms with Crippen LogP contribution in [0.5, 0.6) is 0 Å². The number of hydrogen-bond donors (Lipinski definition) is 0. The van der Waals surface area contributed by atoms with Crippen LogP contribution in [-0.2, 0) is 42.2 Å². The van der Waals surface area contributed by atoms with Crippen molar-refractivity contribution in [2.45, 2.75) is 202 Å². The SMILES string of the molecule is CCCCCCCCC/C=C/C(=Nc1ccc(CCCC)c(CCCC)c1)C(CCCCCC)=Nc1ccc(CCCC)c(CCCC)c1.[Ni]. The van der Waals surface area contributed by atoms with E-state index >= 15 is 0 Å². The maximum absolute atomic E-state index is 5.46. The molecule has 0 aliphatic rings. The second-order valence-electron chi connectivity index (χ2n) is 14.5. The third kappa shape index (κ3) is 19.6. The monoisotopic (exact) mass is 727 g/mol. The van der Waals surface area contributed by atoms with Gasteiger partial charge in [-0.1, -0.05) is 143 Å². The zero-order valence-electron chi connectivity index (χ0n) is 33.5. The third-order valence-electron chi connectivity index (χ3n) is 9.90. The predicted octanol–water partition coefficient (Wildman–Crippen LogP) is 15.6. The summed E-state index contributed by atoms with van der Waals surface area (Å²) in [5, 5.41) is 0. The van der Waals surface area contributed by atoms with Gasteiger partial charge in [-0.15, -0.1) is 0 Å². The van der Waals surface area contributed by atoms with Gasteiger partial charge in [0.2, 0.25) is 0 Å². The smallest absolute Gasteiger partial charge is 0.0848 e. The fraction of sp³-hybridized carbons (Fsp3) is 0.660. The van der Waals surface area contributed by atoms with Crippen molar-refractivity contribution >= 4 is 22.8 Å². The molecule has 0 unspecified atom stereocenters. The molecule has 0 saturated carbocycles. The molecular formula is C47H76N2Ni. The van der Waals surface area contributed by atoms with E-state index < -0.39 is 0 Å². The maximum Gasteiger partial charge on any atom is 0.0848 e. The van der Waals surface area contributed by atoms with Gasteiger partial charge in [-0.25, -0.2) is 4.99 Å². The van der Waals surface area contributed by atoms with E-state index in [1.807, 2.05) is 0 Å². The first-order chi connectivity index (χ1) is 24.1. The molecule has 0 aliphatic carbocycles. The van der Waals surface area contributed by atoms with Crippen molar-refractivity contribution in [2.24, 2.45) is 9.98 Å². The van der Waals surface area contributed by atoms with E-state index in [0.717, 1.165) is 54.9 Å². The summed E-state index contributed by atoms with van der Waals surface area (Å²) in [5.74, 6) is 0. The quantitative estimate of drug-likeness (QED) is 0.0453. The van der Waals surface area contributed by atoms with E-state index in [0.29, 0.717) is 0 Å². The Labute approximate surface area is 320 Å². The Bertz CT molecular complexity index is 1220. The topological polar surface area (TPSA) is 24.7 Å². The predicted molar refractivity (Wildman–Crippen MR) is 222 cm³/mol. The van der Waals surface area contributed by atoms with Gasteiger partial charge in [-0.05, 0) is 130 Å². The second kappa shape index (κ2) is 30.6. The summed E-state index contributed by atoms with van der Waals surface area (Å²) in [6.07, 6.45) is 35.6. The summed E-state index contributed by atoms with van der Waals surface area (Å²) in [6.45, 7) is 13.8. The summed E-state index contributed by atoms with van der Waals surface area (Å²) < 4.78 is 0. The van der Waals surface area contributed by atoms with Crippen LogP contribution in [0.4, 0.5) is 11.4 Å². The Balaban J connectivity index is 0.0000125. The molecule has 2 aromatic rings. The van der Waals surface area contributed by atoms with Gasteiger partial charge < -0.3 is 0 Å². The summed E-state index contributed by atoms with van der Waals surface area (Å²) in [4.78, 5) is 10.9. The number of aliphatic imine (C=N–C) groups is 2. The molecule has 0 fully saturated rings. The minimum absolute atomic E-state index is 0. The zero-order chi connectivity index (χ0) is 35.4. The van der Waals surface area contributed by atoms with Crippen LogP contribution in [0.25, 0.3) is 0 Å². The third-order valence-corrected chi connectivity index (χ3v) is 9.90. The average molecular weight is 728 g/mol. The molecule has 0 aromatic heterocycles. The van der Waals surface area contributed by atoms with Crippen LogP contribution in [-0.4, -0.2) is 11.4 Å². The summed E-state index contributed by atoms with van der Waals surface area (Å²) >= 11 is 0. The molecule has 0 radical (unpaired) electrons. The van der Waals surface area contributed by atoms with Crippen molar-refractivity contribution in [1.82, 2.24) is 0 Å². The number of hydrogen-bond acceptors (Lipinski definition) is 2. The van der Waals surface area contributed by atoms with Crippen LogP contribution in [0.3, 0.4) is 0 Å². The Morgan fingerprint density at radius 1 is 0.460 bits per heavy atom. The minimum atomic E-state index is 0. The summed E-state index contributed by atoms with van der Waals surface area (Å²) in [5.41, 5.74) is 10.4. The van der Waals surface area contributed by atoms with Crippen LogP contribution in [0.2, 0.25) is 0 Å². The van der Waals surface area contributed by atoms with Gasteiger partial charge in [0.1, 0.15) is 0 Å². The number of aryl methyl sites for hydroxylation is 4. The molecule has 0 amide bonds. The van der Waals surface area contributed by atoms with Crippen molar-refractivity contribution < 1.29 is 16.5 Å². The van der Waals surface area contributed by atoms with E-state index in [2.05, 4.69) is 90.1 Å². The van der Waals surface area contributed by atoms with Gasteiger partial charge >= 0.3 is 0 Å². The summed E-state index contributed by atoms with van der Waals surface area (Å²) in [6, 6.07) is 14.1. The first-order valence-corrected chi connectivity index (χ1v) is 21.2. The van der Waals surface area contributed by atoms with Crippen LogP contribution in [0.1, 0.15) is 199 Å². The first kappa shape index (κ1) is 46.0. The zero-order valence-corrected chi connectivity index (χ0v) is 34.5. The van der Waals surface area contributed by atoms with Gasteiger partial charge in [0, 0.05) is 16.5 Å². The molecule has 2 nitrogen and oxygen atoms in total. The second-order valence-corrected chi connectivity index (χ2v) is 14.5. The molecule has 50 heavy (non-hydrogen) atoms. The Morgan fingerprint density at radius 2 is 0.880 bits per heavy atom. The number of allylic oxidation sites excluding steroid dienone is 2. The molecule has 0 aliphatic heterocycles. The van der Waals surface area contributed by atoms with Crippen molar-refractivity contribution in [2.75, 3.05) is 0 Å². The standard InChI is InChI=1S/C47H76N2.Ni/c1-7-13-19-21-22-23-24-25-27-33-47(49-45-37-35-41(29-16-10-4)43(39-45)31-18-12-6)46(32-26-20-14-8-2)48-44-36-34-40(28-15-9-3)42(38-44)30-17-11-5;/h27,33-39H,7-26,28-32H2,1-6H3;/b33-27+,48-46?,49-47?;. The molecule has 284 valence electrons. The molecule has 0 spiro atoms. The molecule has 0 N–H and O–H groups in total. The van der Waals surface area contributed by atoms with Crippen molar-refractivity contribution in [3.05, 3.63) is 70.8 Å². The van der Waals surface area contributed by atoms with Gasteiger partial charge in [-0.3, -0.25) is 4.99 Å². The van der Waals surface area contributed by atoms with Crippen LogP contribution in [0, 0.1) is 0 Å². The van der Waals surface area contributed by atoms with Gasteiger partial charge in [0.05, 0.1) is 22.8 Å². The van der Waals surface area contributed by atoms with Crippen LogP contribution >= 0.6 is 0 Å². The molecule has 0 heterocycles. The van der Waals surface area contributed by atoms with Gasteiger partial charge in [-0.2, -0.15) is 0 Å². The van der Waals surface area contributed by atoms with E-state index in [1.165, 1.54) is 151 Å². The van der Waals surface area contributed by atoms with E-state index in [-0.39, 0.29) is 16.5 Å². The van der Waals surface area contributed by atoms with Crippen molar-refractivity contribution in [1.29, 1.82) is 0 Å². The summed E-state index contributed by atoms with van der Waals surface area (Å²) in [7, 11) is 0. The van der Waals surface area contributed by atoms with Gasteiger partial charge in [0.15, 0.2) is 0 Å². The molecule has 0 atom stereocenters. The Hall–Kier alpha value is -1.99. The Morgan fingerprint density at radius 3 is 1.38 bits per heavy atom. The molecule has 2 rings (SSSR count). The maximum atomic E-state index is 5.46. The number of nitrogens with zero attached hydrogens (tertiary/aromatic N) is 2. The van der Waals surface area contributed by atoms with Crippen molar-refractivity contribution in [3.63, 3.8) is 0 Å². The molecule has 2 aromatic carbocycles. The minimum Gasteiger partial charge on any atom is -0.251 e. The molecule has 0 saturated heterocycles. The van der Waals surface area contributed by atoms with E-state index in [9.17, 15) is 0 Å². The van der Waals surface area contributed by atoms with Gasteiger partial charge in [0.25, 0.3) is 0 Å². The van der Waals surface area contributed by atoms with Crippen molar-refractivity contribution in [3.8, 4) is 0 Å². The molecule has 0 bridgehead atoms. The van der Waals surface area contributed by atoms with Crippen LogP contribution in [0.15, 0.2) is 58.5 Å². The molecule has 3 heteroatoms. The fourth-order valence-corrected chi connectivity index (χ4v) is 6.65. The van der Waals surface area contributed by atoms with E-state index in [4.69, 9.17) is 9.98 Å². The number of unbranched alkanes of at least 4 members (excludes halogenated alkanes) is 14.